The zero-order chi connectivity index (χ0) is 20.3. The lowest BCUT2D eigenvalue weighted by Gasteiger charge is -2.13. The second-order valence-corrected chi connectivity index (χ2v) is 7.89. The number of rotatable bonds is 7. The number of halogens is 1. The Morgan fingerprint density at radius 1 is 1.00 bits per heavy atom. The van der Waals surface area contributed by atoms with Crippen LogP contribution in [-0.2, 0) is 0 Å². The topological polar surface area (TPSA) is 87.8 Å². The molecule has 0 radical (unpaired) electrons. The quantitative estimate of drug-likeness (QED) is 0.306. The van der Waals surface area contributed by atoms with Crippen molar-refractivity contribution < 1.29 is 4.74 Å². The summed E-state index contributed by atoms with van der Waals surface area (Å²) in [7, 11) is 0. The first-order valence-corrected chi connectivity index (χ1v) is 10.5. The molecule has 0 spiro atoms. The Kier molecular flexibility index (Phi) is 5.06. The standard InChI is InChI=1S/C22H19BrN6O/c23-16-13-24-22(27-21(16)26-20-12-18(28-29-20)14-10-11-14)25-17-8-4-5-9-19(17)30-15-6-2-1-3-7-15/h1-9,12-14H,10-11H2,(H3,24,25,26,27,28,29). The number of ether oxygens (including phenoxy) is 1. The zero-order valence-corrected chi connectivity index (χ0v) is 17.6. The average molecular weight is 463 g/mol. The maximum Gasteiger partial charge on any atom is 0.229 e. The molecule has 0 aliphatic heterocycles. The Hall–Kier alpha value is -3.39. The Balaban J connectivity index is 1.36. The summed E-state index contributed by atoms with van der Waals surface area (Å²) in [4.78, 5) is 8.97. The van der Waals surface area contributed by atoms with Gasteiger partial charge in [-0.1, -0.05) is 30.3 Å². The fourth-order valence-electron chi connectivity index (χ4n) is 3.04. The summed E-state index contributed by atoms with van der Waals surface area (Å²) in [6.45, 7) is 0. The number of para-hydroxylation sites is 3. The summed E-state index contributed by atoms with van der Waals surface area (Å²) in [5.74, 6) is 3.86. The van der Waals surface area contributed by atoms with Gasteiger partial charge in [-0.05, 0) is 53.0 Å². The summed E-state index contributed by atoms with van der Waals surface area (Å²) in [5, 5.41) is 13.9. The van der Waals surface area contributed by atoms with E-state index in [4.69, 9.17) is 4.74 Å². The molecule has 0 saturated heterocycles. The minimum Gasteiger partial charge on any atom is -0.455 e. The summed E-state index contributed by atoms with van der Waals surface area (Å²) >= 11 is 3.50. The fourth-order valence-corrected chi connectivity index (χ4v) is 3.33. The lowest BCUT2D eigenvalue weighted by Crippen LogP contribution is -2.02. The Morgan fingerprint density at radius 3 is 2.63 bits per heavy atom. The molecular weight excluding hydrogens is 444 g/mol. The van der Waals surface area contributed by atoms with Crippen molar-refractivity contribution in [3.63, 3.8) is 0 Å². The van der Waals surface area contributed by atoms with E-state index >= 15 is 0 Å². The molecule has 2 aromatic heterocycles. The Morgan fingerprint density at radius 2 is 1.80 bits per heavy atom. The van der Waals surface area contributed by atoms with Crippen molar-refractivity contribution in [3.05, 3.63) is 77.0 Å². The molecule has 150 valence electrons. The largest absolute Gasteiger partial charge is 0.455 e. The van der Waals surface area contributed by atoms with Gasteiger partial charge in [0.1, 0.15) is 5.75 Å². The van der Waals surface area contributed by atoms with Gasteiger partial charge >= 0.3 is 0 Å². The predicted molar refractivity (Wildman–Crippen MR) is 120 cm³/mol. The van der Waals surface area contributed by atoms with Gasteiger partial charge in [0, 0.05) is 23.9 Å². The smallest absolute Gasteiger partial charge is 0.229 e. The summed E-state index contributed by atoms with van der Waals surface area (Å²) < 4.78 is 6.75. The molecule has 1 aliphatic rings. The van der Waals surface area contributed by atoms with Crippen LogP contribution in [0.4, 0.5) is 23.3 Å². The molecule has 7 nitrogen and oxygen atoms in total. The van der Waals surface area contributed by atoms with E-state index in [9.17, 15) is 0 Å². The van der Waals surface area contributed by atoms with Crippen molar-refractivity contribution in [1.29, 1.82) is 0 Å². The van der Waals surface area contributed by atoms with Crippen LogP contribution in [0.3, 0.4) is 0 Å². The molecular formula is C22H19BrN6O. The average Bonchev–Trinajstić information content (AvgIpc) is 3.52. The lowest BCUT2D eigenvalue weighted by atomic mass is 10.3. The maximum absolute atomic E-state index is 6.01. The van der Waals surface area contributed by atoms with Crippen LogP contribution < -0.4 is 15.4 Å². The Bertz CT molecular complexity index is 1160. The highest BCUT2D eigenvalue weighted by Crippen LogP contribution is 2.40. The molecule has 0 unspecified atom stereocenters. The molecule has 3 N–H and O–H groups in total. The molecule has 1 saturated carbocycles. The third kappa shape index (κ3) is 4.28. The number of H-pyrrole nitrogens is 1. The lowest BCUT2D eigenvalue weighted by molar-refractivity contribution is 0.485. The number of nitrogens with zero attached hydrogens (tertiary/aromatic N) is 3. The van der Waals surface area contributed by atoms with Crippen LogP contribution in [-0.4, -0.2) is 20.2 Å². The van der Waals surface area contributed by atoms with Gasteiger partial charge in [0.15, 0.2) is 17.4 Å². The fraction of sp³-hybridized carbons (Fsp3) is 0.136. The molecule has 0 bridgehead atoms. The SMILES string of the molecule is Brc1cnc(Nc2ccccc2Oc2ccccc2)nc1Nc1cc(C2CC2)[nH]n1. The number of hydrogen-bond acceptors (Lipinski definition) is 6. The molecule has 0 atom stereocenters. The van der Waals surface area contributed by atoms with Gasteiger partial charge in [-0.25, -0.2) is 4.98 Å². The molecule has 8 heteroatoms. The van der Waals surface area contributed by atoms with Gasteiger partial charge in [-0.15, -0.1) is 0 Å². The summed E-state index contributed by atoms with van der Waals surface area (Å²) in [6, 6.07) is 19.4. The minimum atomic E-state index is 0.447. The van der Waals surface area contributed by atoms with Crippen LogP contribution in [0.25, 0.3) is 0 Å². The zero-order valence-electron chi connectivity index (χ0n) is 16.0. The molecule has 4 aromatic rings. The van der Waals surface area contributed by atoms with Gasteiger partial charge in [0.25, 0.3) is 0 Å². The highest BCUT2D eigenvalue weighted by molar-refractivity contribution is 9.10. The minimum absolute atomic E-state index is 0.447. The molecule has 2 aromatic carbocycles. The maximum atomic E-state index is 6.01. The van der Waals surface area contributed by atoms with Crippen LogP contribution in [0.2, 0.25) is 0 Å². The van der Waals surface area contributed by atoms with Crippen molar-refractivity contribution >= 4 is 39.2 Å². The monoisotopic (exact) mass is 462 g/mol. The molecule has 0 amide bonds. The van der Waals surface area contributed by atoms with E-state index in [1.54, 1.807) is 6.20 Å². The number of anilines is 4. The second-order valence-electron chi connectivity index (χ2n) is 7.03. The van der Waals surface area contributed by atoms with Crippen LogP contribution in [0.5, 0.6) is 11.5 Å². The van der Waals surface area contributed by atoms with E-state index < -0.39 is 0 Å². The number of aromatic amines is 1. The number of benzene rings is 2. The normalized spacial score (nSPS) is 13.1. The van der Waals surface area contributed by atoms with E-state index in [0.29, 0.717) is 23.4 Å². The number of aromatic nitrogens is 4. The van der Waals surface area contributed by atoms with E-state index in [0.717, 1.165) is 27.4 Å². The van der Waals surface area contributed by atoms with E-state index in [1.807, 2.05) is 60.7 Å². The molecule has 5 rings (SSSR count). The van der Waals surface area contributed by atoms with Crippen LogP contribution >= 0.6 is 15.9 Å². The van der Waals surface area contributed by atoms with Crippen LogP contribution in [0.15, 0.2) is 71.3 Å². The van der Waals surface area contributed by atoms with Gasteiger partial charge in [-0.2, -0.15) is 10.1 Å². The third-order valence-corrected chi connectivity index (χ3v) is 5.29. The van der Waals surface area contributed by atoms with E-state index in [2.05, 4.69) is 46.7 Å². The van der Waals surface area contributed by atoms with Crippen molar-refractivity contribution in [1.82, 2.24) is 20.2 Å². The summed E-state index contributed by atoms with van der Waals surface area (Å²) in [6.07, 6.45) is 4.14. The Labute approximate surface area is 182 Å². The molecule has 1 fully saturated rings. The van der Waals surface area contributed by atoms with E-state index in [1.165, 1.54) is 12.8 Å². The second kappa shape index (κ2) is 8.16. The van der Waals surface area contributed by atoms with Crippen LogP contribution in [0.1, 0.15) is 24.5 Å². The highest BCUT2D eigenvalue weighted by Gasteiger charge is 2.25. The van der Waals surface area contributed by atoms with E-state index in [-0.39, 0.29) is 0 Å². The van der Waals surface area contributed by atoms with Gasteiger partial charge in [-0.3, -0.25) is 5.10 Å². The molecule has 1 aliphatic carbocycles. The first-order chi connectivity index (χ1) is 14.7. The highest BCUT2D eigenvalue weighted by atomic mass is 79.9. The predicted octanol–water partition coefficient (Wildman–Crippen LogP) is 6.12. The third-order valence-electron chi connectivity index (χ3n) is 4.71. The first kappa shape index (κ1) is 18.6. The van der Waals surface area contributed by atoms with Crippen molar-refractivity contribution in [2.45, 2.75) is 18.8 Å². The van der Waals surface area contributed by atoms with Crippen molar-refractivity contribution in [2.75, 3.05) is 10.6 Å². The number of hydrogen-bond donors (Lipinski definition) is 3. The summed E-state index contributed by atoms with van der Waals surface area (Å²) in [5.41, 5.74) is 1.93. The van der Waals surface area contributed by atoms with Crippen molar-refractivity contribution in [3.8, 4) is 11.5 Å². The van der Waals surface area contributed by atoms with Gasteiger partial charge in [0.05, 0.1) is 10.2 Å². The van der Waals surface area contributed by atoms with Gasteiger partial charge < -0.3 is 15.4 Å². The molecule has 30 heavy (non-hydrogen) atoms. The molecule has 2 heterocycles. The van der Waals surface area contributed by atoms with Gasteiger partial charge in [0.2, 0.25) is 5.95 Å². The van der Waals surface area contributed by atoms with Crippen LogP contribution in [0, 0.1) is 0 Å². The first-order valence-electron chi connectivity index (χ1n) is 9.68. The van der Waals surface area contributed by atoms with Crippen molar-refractivity contribution in [2.24, 2.45) is 0 Å². The number of nitrogens with one attached hydrogen (secondary N) is 3.